The van der Waals surface area contributed by atoms with Gasteiger partial charge in [-0.2, -0.15) is 0 Å². The van der Waals surface area contributed by atoms with Crippen molar-refractivity contribution in [2.75, 3.05) is 21.3 Å². The maximum atomic E-state index is 13.7. The Bertz CT molecular complexity index is 1440. The van der Waals surface area contributed by atoms with E-state index in [-0.39, 0.29) is 11.7 Å². The van der Waals surface area contributed by atoms with Crippen molar-refractivity contribution in [3.8, 4) is 17.2 Å². The zero-order valence-electron chi connectivity index (χ0n) is 20.3. The second-order valence-corrected chi connectivity index (χ2v) is 10.00. The van der Waals surface area contributed by atoms with Crippen molar-refractivity contribution in [1.82, 2.24) is 4.57 Å². The predicted octanol–water partition coefficient (Wildman–Crippen LogP) is 3.27. The zero-order chi connectivity index (χ0) is 25.3. The number of esters is 1. The average molecular weight is 515 g/mol. The molecule has 0 unspecified atom stereocenters. The van der Waals surface area contributed by atoms with Gasteiger partial charge in [-0.25, -0.2) is 9.79 Å². The largest absolute Gasteiger partial charge is 0.493 e. The highest BCUT2D eigenvalue weighted by Crippen LogP contribution is 2.38. The van der Waals surface area contributed by atoms with E-state index in [1.165, 1.54) is 44.0 Å². The van der Waals surface area contributed by atoms with E-state index in [2.05, 4.69) is 4.99 Å². The van der Waals surface area contributed by atoms with Crippen LogP contribution in [0.3, 0.4) is 0 Å². The monoisotopic (exact) mass is 514 g/mol. The summed E-state index contributed by atoms with van der Waals surface area (Å²) in [6.07, 6.45) is 1.46. The van der Waals surface area contributed by atoms with Crippen LogP contribution in [-0.2, 0) is 9.53 Å². The van der Waals surface area contributed by atoms with Gasteiger partial charge in [-0.1, -0.05) is 17.4 Å². The molecule has 1 aliphatic heterocycles. The van der Waals surface area contributed by atoms with E-state index in [4.69, 9.17) is 18.9 Å². The highest BCUT2D eigenvalue weighted by atomic mass is 32.1. The molecule has 2 aromatic heterocycles. The van der Waals surface area contributed by atoms with Crippen molar-refractivity contribution in [2.24, 2.45) is 4.99 Å². The van der Waals surface area contributed by atoms with Crippen LogP contribution in [0.2, 0.25) is 0 Å². The lowest BCUT2D eigenvalue weighted by atomic mass is 10.0. The van der Waals surface area contributed by atoms with Gasteiger partial charge in [0.05, 0.1) is 43.2 Å². The lowest BCUT2D eigenvalue weighted by Crippen LogP contribution is -2.39. The smallest absolute Gasteiger partial charge is 0.338 e. The van der Waals surface area contributed by atoms with Gasteiger partial charge in [-0.05, 0) is 56.0 Å². The van der Waals surface area contributed by atoms with Gasteiger partial charge in [-0.15, -0.1) is 11.3 Å². The maximum Gasteiger partial charge on any atom is 0.338 e. The van der Waals surface area contributed by atoms with Crippen molar-refractivity contribution in [3.63, 3.8) is 0 Å². The Morgan fingerprint density at radius 2 is 1.83 bits per heavy atom. The van der Waals surface area contributed by atoms with Gasteiger partial charge in [0.15, 0.2) is 16.3 Å². The molecule has 0 amide bonds. The van der Waals surface area contributed by atoms with E-state index in [9.17, 15) is 9.59 Å². The first kappa shape index (κ1) is 24.7. The number of carbonyl (C=O) groups is 1. The van der Waals surface area contributed by atoms with Crippen molar-refractivity contribution < 1.29 is 23.7 Å². The van der Waals surface area contributed by atoms with Gasteiger partial charge in [0, 0.05) is 4.88 Å². The van der Waals surface area contributed by atoms with E-state index in [1.54, 1.807) is 43.5 Å². The van der Waals surface area contributed by atoms with Crippen LogP contribution in [0.25, 0.3) is 6.08 Å². The summed E-state index contributed by atoms with van der Waals surface area (Å²) in [5.74, 6) is 0.961. The Morgan fingerprint density at radius 3 is 2.37 bits per heavy atom. The molecule has 0 spiro atoms. The van der Waals surface area contributed by atoms with E-state index < -0.39 is 12.0 Å². The molecule has 184 valence electrons. The summed E-state index contributed by atoms with van der Waals surface area (Å²) in [5.41, 5.74) is 1.36. The second-order valence-electron chi connectivity index (χ2n) is 8.01. The quantitative estimate of drug-likeness (QED) is 0.450. The van der Waals surface area contributed by atoms with Gasteiger partial charge in [0.2, 0.25) is 5.75 Å². The minimum atomic E-state index is -0.611. The van der Waals surface area contributed by atoms with Crippen molar-refractivity contribution in [1.29, 1.82) is 0 Å². The topological polar surface area (TPSA) is 88.4 Å². The molecule has 4 rings (SSSR count). The molecule has 0 saturated carbocycles. The average Bonchev–Trinajstić information content (AvgIpc) is 3.45. The number of ether oxygens (including phenoxy) is 4. The number of thiophene rings is 1. The number of carbonyl (C=O) groups excluding carboxylic acids is 1. The number of benzene rings is 1. The molecule has 0 N–H and O–H groups in total. The molecule has 0 bridgehead atoms. The van der Waals surface area contributed by atoms with Crippen LogP contribution in [0.4, 0.5) is 0 Å². The van der Waals surface area contributed by atoms with Crippen molar-refractivity contribution >= 4 is 34.7 Å². The number of hydrogen-bond donors (Lipinski definition) is 0. The number of hydrogen-bond acceptors (Lipinski definition) is 9. The Balaban J connectivity index is 1.91. The molecule has 1 aliphatic rings. The Hall–Kier alpha value is -3.37. The third kappa shape index (κ3) is 4.63. The molecule has 0 fully saturated rings. The number of nitrogens with zero attached hydrogens (tertiary/aromatic N) is 2. The highest BCUT2D eigenvalue weighted by Gasteiger charge is 2.34. The summed E-state index contributed by atoms with van der Waals surface area (Å²) < 4.78 is 23.8. The summed E-state index contributed by atoms with van der Waals surface area (Å²) in [4.78, 5) is 32.7. The van der Waals surface area contributed by atoms with Crippen LogP contribution < -0.4 is 29.1 Å². The molecule has 3 aromatic rings. The third-order valence-corrected chi connectivity index (χ3v) is 7.29. The first-order chi connectivity index (χ1) is 16.8. The molecule has 8 nitrogen and oxygen atoms in total. The van der Waals surface area contributed by atoms with E-state index >= 15 is 0 Å². The Kier molecular flexibility index (Phi) is 7.13. The molecular weight excluding hydrogens is 488 g/mol. The number of thiazole rings is 1. The summed E-state index contributed by atoms with van der Waals surface area (Å²) >= 11 is 2.73. The molecule has 35 heavy (non-hydrogen) atoms. The standard InChI is InChI=1S/C25H26N2O6S2/c1-13(2)33-24(29)20-14(3)26-25-27(21(20)18-8-7-9-34-18)23(28)19(35-25)12-15-10-16(30-4)22(32-6)17(11-15)31-5/h7-13,21H,1-6H3/b19-12+/t21-/m1/s1. The van der Waals surface area contributed by atoms with Crippen LogP contribution in [0.5, 0.6) is 17.2 Å². The van der Waals surface area contributed by atoms with Gasteiger partial charge in [-0.3, -0.25) is 9.36 Å². The minimum absolute atomic E-state index is 0.247. The summed E-state index contributed by atoms with van der Waals surface area (Å²) in [7, 11) is 4.61. The fourth-order valence-corrected chi connectivity index (χ4v) is 5.78. The van der Waals surface area contributed by atoms with E-state index in [0.29, 0.717) is 43.4 Å². The minimum Gasteiger partial charge on any atom is -0.493 e. The van der Waals surface area contributed by atoms with Gasteiger partial charge >= 0.3 is 5.97 Å². The summed E-state index contributed by atoms with van der Waals surface area (Å²) in [6.45, 7) is 5.36. The second kappa shape index (κ2) is 10.1. The summed E-state index contributed by atoms with van der Waals surface area (Å²) in [5, 5.41) is 1.92. The van der Waals surface area contributed by atoms with E-state index in [0.717, 1.165) is 4.88 Å². The third-order valence-electron chi connectivity index (χ3n) is 5.38. The van der Waals surface area contributed by atoms with Crippen LogP contribution in [0, 0.1) is 0 Å². The lowest BCUT2D eigenvalue weighted by molar-refractivity contribution is -0.143. The highest BCUT2D eigenvalue weighted by molar-refractivity contribution is 7.10. The molecule has 10 heteroatoms. The summed E-state index contributed by atoms with van der Waals surface area (Å²) in [6, 6.07) is 6.74. The van der Waals surface area contributed by atoms with Crippen molar-refractivity contribution in [3.05, 3.63) is 71.0 Å². The van der Waals surface area contributed by atoms with Crippen molar-refractivity contribution in [2.45, 2.75) is 32.9 Å². The maximum absolute atomic E-state index is 13.7. The van der Waals surface area contributed by atoms with Gasteiger partial charge in [0.1, 0.15) is 6.04 Å². The zero-order valence-corrected chi connectivity index (χ0v) is 21.9. The molecule has 1 aromatic carbocycles. The molecule has 0 aliphatic carbocycles. The van der Waals surface area contributed by atoms with Gasteiger partial charge in [0.25, 0.3) is 5.56 Å². The number of aromatic nitrogens is 1. The number of rotatable bonds is 7. The molecule has 3 heterocycles. The number of fused-ring (bicyclic) bond motifs is 1. The molecule has 0 saturated heterocycles. The number of methoxy groups -OCH3 is 3. The fourth-order valence-electron chi connectivity index (χ4n) is 3.91. The van der Waals surface area contributed by atoms with Crippen LogP contribution in [-0.4, -0.2) is 38.0 Å². The van der Waals surface area contributed by atoms with Crippen LogP contribution >= 0.6 is 22.7 Å². The van der Waals surface area contributed by atoms with E-state index in [1.807, 2.05) is 17.5 Å². The van der Waals surface area contributed by atoms with Gasteiger partial charge < -0.3 is 18.9 Å². The molecule has 1 atom stereocenters. The lowest BCUT2D eigenvalue weighted by Gasteiger charge is -2.24. The first-order valence-corrected chi connectivity index (χ1v) is 12.6. The molecule has 0 radical (unpaired) electrons. The normalized spacial score (nSPS) is 15.6. The van der Waals surface area contributed by atoms with Crippen LogP contribution in [0.15, 0.2) is 50.7 Å². The fraction of sp³-hybridized carbons (Fsp3) is 0.320. The first-order valence-electron chi connectivity index (χ1n) is 10.9. The number of allylic oxidation sites excluding steroid dienone is 1. The SMILES string of the molecule is COc1cc(/C=c2/sc3n(c2=O)[C@H](c2cccs2)C(C(=O)OC(C)C)=C(C)N=3)cc(OC)c1OC. The Labute approximate surface area is 210 Å². The predicted molar refractivity (Wildman–Crippen MR) is 135 cm³/mol. The Morgan fingerprint density at radius 1 is 1.14 bits per heavy atom. The molecular formula is C25H26N2O6S2. The van der Waals surface area contributed by atoms with Crippen LogP contribution in [0.1, 0.15) is 37.3 Å².